The van der Waals surface area contributed by atoms with Gasteiger partial charge in [-0.05, 0) is 90.8 Å². The molecule has 1 fully saturated rings. The molecule has 1 aromatic carbocycles. The zero-order valence-electron chi connectivity index (χ0n) is 20.5. The van der Waals surface area contributed by atoms with E-state index >= 15 is 0 Å². The van der Waals surface area contributed by atoms with Gasteiger partial charge >= 0.3 is 5.97 Å². The number of likely N-dealkylation sites (N-methyl/N-ethyl adjacent to an activating group) is 1. The van der Waals surface area contributed by atoms with E-state index in [0.29, 0.717) is 22.8 Å². The highest BCUT2D eigenvalue weighted by Crippen LogP contribution is 2.33. The van der Waals surface area contributed by atoms with Crippen LogP contribution < -0.4 is 15.4 Å². The number of nitrogens with one attached hydrogen (secondary N) is 2. The molecule has 0 heterocycles. The van der Waals surface area contributed by atoms with Crippen LogP contribution in [0.4, 0.5) is 0 Å². The number of ether oxygens (including phenoxy) is 2. The molecule has 0 radical (unpaired) electrons. The Morgan fingerprint density at radius 2 is 1.76 bits per heavy atom. The van der Waals surface area contributed by atoms with Crippen LogP contribution in [0.3, 0.4) is 0 Å². The van der Waals surface area contributed by atoms with Crippen LogP contribution in [0.5, 0.6) is 5.75 Å². The van der Waals surface area contributed by atoms with Crippen LogP contribution in [0.15, 0.2) is 18.2 Å². The molecule has 2 rings (SSSR count). The second-order valence-electron chi connectivity index (χ2n) is 9.94. The van der Waals surface area contributed by atoms with Gasteiger partial charge in [0.2, 0.25) is 5.91 Å². The van der Waals surface area contributed by atoms with Crippen LogP contribution in [0.1, 0.15) is 77.1 Å². The van der Waals surface area contributed by atoms with Gasteiger partial charge in [-0.2, -0.15) is 0 Å². The summed E-state index contributed by atoms with van der Waals surface area (Å²) in [6.45, 7) is 9.39. The molecule has 0 saturated heterocycles. The van der Waals surface area contributed by atoms with E-state index in [2.05, 4.69) is 10.6 Å². The van der Waals surface area contributed by atoms with Gasteiger partial charge in [0.15, 0.2) is 0 Å². The number of amides is 2. The van der Waals surface area contributed by atoms with E-state index in [1.807, 2.05) is 34.6 Å². The molecule has 1 saturated carbocycles. The van der Waals surface area contributed by atoms with E-state index in [1.54, 1.807) is 25.2 Å². The monoisotopic (exact) mass is 480 g/mol. The van der Waals surface area contributed by atoms with Crippen LogP contribution in [0.2, 0.25) is 5.02 Å². The highest BCUT2D eigenvalue weighted by atomic mass is 35.5. The zero-order valence-corrected chi connectivity index (χ0v) is 21.3. The Hall–Kier alpha value is -2.28. The molecule has 1 unspecified atom stereocenters. The standard InChI is InChI=1S/C25H37ClN2O5/c1-15(2)32-21-12-11-18(14-19(21)26)22(29)28-20(23(30)27-6)13-16-7-9-17(10-8-16)24(31)33-25(3,4)5/h11-12,14-17,20H,7-10,13H2,1-6H3,(H,27,30)(H,28,29). The lowest BCUT2D eigenvalue weighted by molar-refractivity contribution is -0.161. The molecule has 33 heavy (non-hydrogen) atoms. The van der Waals surface area contributed by atoms with Crippen molar-refractivity contribution in [2.75, 3.05) is 7.05 Å². The molecule has 1 atom stereocenters. The fourth-order valence-electron chi connectivity index (χ4n) is 3.99. The Balaban J connectivity index is 1.98. The first-order valence-electron chi connectivity index (χ1n) is 11.6. The number of halogens is 1. The van der Waals surface area contributed by atoms with Crippen LogP contribution in [-0.4, -0.2) is 42.6 Å². The average Bonchev–Trinajstić information content (AvgIpc) is 2.73. The maximum Gasteiger partial charge on any atom is 0.309 e. The summed E-state index contributed by atoms with van der Waals surface area (Å²) in [4.78, 5) is 37.7. The molecule has 1 aromatic rings. The molecule has 1 aliphatic rings. The minimum Gasteiger partial charge on any atom is -0.489 e. The van der Waals surface area contributed by atoms with E-state index in [1.165, 1.54) is 0 Å². The fourth-order valence-corrected chi connectivity index (χ4v) is 4.22. The zero-order chi connectivity index (χ0) is 24.8. The number of hydrogen-bond acceptors (Lipinski definition) is 5. The van der Waals surface area contributed by atoms with Crippen LogP contribution in [-0.2, 0) is 14.3 Å². The van der Waals surface area contributed by atoms with Gasteiger partial charge in [-0.3, -0.25) is 14.4 Å². The third-order valence-electron chi connectivity index (χ3n) is 5.58. The van der Waals surface area contributed by atoms with Crippen molar-refractivity contribution in [1.82, 2.24) is 10.6 Å². The van der Waals surface area contributed by atoms with Gasteiger partial charge < -0.3 is 20.1 Å². The maximum atomic E-state index is 12.8. The second-order valence-corrected chi connectivity index (χ2v) is 10.3. The molecule has 0 spiro atoms. The molecule has 2 N–H and O–H groups in total. The van der Waals surface area contributed by atoms with Crippen molar-refractivity contribution >= 4 is 29.4 Å². The summed E-state index contributed by atoms with van der Waals surface area (Å²) in [5, 5.41) is 5.82. The van der Waals surface area contributed by atoms with Gasteiger partial charge in [0.05, 0.1) is 17.0 Å². The van der Waals surface area contributed by atoms with Crippen molar-refractivity contribution in [3.63, 3.8) is 0 Å². The van der Waals surface area contributed by atoms with Crippen molar-refractivity contribution in [3.05, 3.63) is 28.8 Å². The summed E-state index contributed by atoms with van der Waals surface area (Å²) in [5.74, 6) is -0.141. The van der Waals surface area contributed by atoms with Crippen molar-refractivity contribution in [1.29, 1.82) is 0 Å². The molecule has 0 aromatic heterocycles. The lowest BCUT2D eigenvalue weighted by Crippen LogP contribution is -2.47. The van der Waals surface area contributed by atoms with Crippen molar-refractivity contribution in [2.24, 2.45) is 11.8 Å². The van der Waals surface area contributed by atoms with E-state index in [0.717, 1.165) is 25.7 Å². The Morgan fingerprint density at radius 1 is 1.12 bits per heavy atom. The number of hydrogen-bond donors (Lipinski definition) is 2. The second kappa shape index (κ2) is 11.7. The predicted octanol–water partition coefficient (Wildman–Crippen LogP) is 4.51. The summed E-state index contributed by atoms with van der Waals surface area (Å²) in [5.41, 5.74) is -0.136. The molecule has 0 bridgehead atoms. The lowest BCUT2D eigenvalue weighted by atomic mass is 9.79. The average molecular weight is 481 g/mol. The highest BCUT2D eigenvalue weighted by molar-refractivity contribution is 6.32. The SMILES string of the molecule is CNC(=O)C(CC1CCC(C(=O)OC(C)(C)C)CC1)NC(=O)c1ccc(OC(C)C)c(Cl)c1. The van der Waals surface area contributed by atoms with E-state index in [-0.39, 0.29) is 35.7 Å². The highest BCUT2D eigenvalue weighted by Gasteiger charge is 2.32. The Morgan fingerprint density at radius 3 is 2.27 bits per heavy atom. The Labute approximate surface area is 201 Å². The van der Waals surface area contributed by atoms with E-state index in [4.69, 9.17) is 21.1 Å². The molecule has 8 heteroatoms. The van der Waals surface area contributed by atoms with E-state index in [9.17, 15) is 14.4 Å². The summed E-state index contributed by atoms with van der Waals surface area (Å²) >= 11 is 6.26. The fraction of sp³-hybridized carbons (Fsp3) is 0.640. The molecule has 1 aliphatic carbocycles. The smallest absolute Gasteiger partial charge is 0.309 e. The first-order chi connectivity index (χ1) is 15.4. The number of carbonyl (C=O) groups is 3. The largest absolute Gasteiger partial charge is 0.489 e. The first kappa shape index (κ1) is 27.0. The normalized spacial score (nSPS) is 19.5. The minimum absolute atomic E-state index is 0.0368. The number of carbonyl (C=O) groups excluding carboxylic acids is 3. The molecular formula is C25H37ClN2O5. The predicted molar refractivity (Wildman–Crippen MR) is 128 cm³/mol. The topological polar surface area (TPSA) is 93.7 Å². The number of rotatable bonds is 8. The number of esters is 1. The van der Waals surface area contributed by atoms with Gasteiger partial charge in [0, 0.05) is 12.6 Å². The van der Waals surface area contributed by atoms with Gasteiger partial charge in [-0.25, -0.2) is 0 Å². The van der Waals surface area contributed by atoms with Crippen molar-refractivity contribution < 1.29 is 23.9 Å². The third-order valence-corrected chi connectivity index (χ3v) is 5.88. The maximum absolute atomic E-state index is 12.8. The Kier molecular flexibility index (Phi) is 9.58. The van der Waals surface area contributed by atoms with Crippen LogP contribution in [0, 0.1) is 11.8 Å². The number of benzene rings is 1. The molecule has 184 valence electrons. The lowest BCUT2D eigenvalue weighted by Gasteiger charge is -2.31. The Bertz CT molecular complexity index is 842. The van der Waals surface area contributed by atoms with Gasteiger partial charge in [0.1, 0.15) is 17.4 Å². The van der Waals surface area contributed by atoms with Crippen molar-refractivity contribution in [2.45, 2.75) is 84.5 Å². The van der Waals surface area contributed by atoms with Gasteiger partial charge in [0.25, 0.3) is 5.91 Å². The summed E-state index contributed by atoms with van der Waals surface area (Å²) in [6, 6.07) is 4.16. The van der Waals surface area contributed by atoms with Gasteiger partial charge in [-0.1, -0.05) is 11.6 Å². The summed E-state index contributed by atoms with van der Waals surface area (Å²) in [7, 11) is 1.55. The summed E-state index contributed by atoms with van der Waals surface area (Å²) < 4.78 is 11.1. The molecule has 2 amide bonds. The molecular weight excluding hydrogens is 444 g/mol. The van der Waals surface area contributed by atoms with Crippen LogP contribution in [0.25, 0.3) is 0 Å². The third kappa shape index (κ3) is 8.54. The molecule has 7 nitrogen and oxygen atoms in total. The van der Waals surface area contributed by atoms with Crippen molar-refractivity contribution in [3.8, 4) is 5.75 Å². The summed E-state index contributed by atoms with van der Waals surface area (Å²) in [6.07, 6.45) is 3.53. The van der Waals surface area contributed by atoms with Crippen LogP contribution >= 0.6 is 11.6 Å². The minimum atomic E-state index is -0.670. The van der Waals surface area contributed by atoms with E-state index < -0.39 is 11.6 Å². The van der Waals surface area contributed by atoms with Gasteiger partial charge in [-0.15, -0.1) is 0 Å². The quantitative estimate of drug-likeness (QED) is 0.534. The first-order valence-corrected chi connectivity index (χ1v) is 12.0. The molecule has 0 aliphatic heterocycles.